The van der Waals surface area contributed by atoms with E-state index in [0.717, 1.165) is 16.1 Å². The summed E-state index contributed by atoms with van der Waals surface area (Å²) < 4.78 is 4.67. The van der Waals surface area contributed by atoms with Gasteiger partial charge in [-0.2, -0.15) is 0 Å². The molecule has 3 rings (SSSR count). The fraction of sp³-hybridized carbons (Fsp3) is 0.167. The van der Waals surface area contributed by atoms with Gasteiger partial charge in [-0.25, -0.2) is 4.79 Å². The number of fused-ring (bicyclic) bond motifs is 1. The second-order valence-electron chi connectivity index (χ2n) is 5.49. The third-order valence-electron chi connectivity index (χ3n) is 3.72. The lowest BCUT2D eigenvalue weighted by atomic mass is 10.2. The quantitative estimate of drug-likeness (QED) is 0.642. The van der Waals surface area contributed by atoms with Crippen LogP contribution in [0.4, 0.5) is 11.4 Å². The summed E-state index contributed by atoms with van der Waals surface area (Å²) in [6.07, 6.45) is 0. The lowest BCUT2D eigenvalue weighted by molar-refractivity contribution is -0.115. The van der Waals surface area contributed by atoms with Gasteiger partial charge in [-0.1, -0.05) is 6.07 Å². The van der Waals surface area contributed by atoms with E-state index in [0.29, 0.717) is 22.1 Å². The van der Waals surface area contributed by atoms with Gasteiger partial charge in [-0.3, -0.25) is 9.69 Å². The molecule has 2 aromatic rings. The summed E-state index contributed by atoms with van der Waals surface area (Å²) in [4.78, 5) is 26.4. The normalized spacial score (nSPS) is 13.2. The number of thioether (sulfide) groups is 1. The first-order valence-electron chi connectivity index (χ1n) is 7.55. The molecule has 2 aromatic carbocycles. The van der Waals surface area contributed by atoms with Crippen LogP contribution in [0.3, 0.4) is 0 Å². The third kappa shape index (κ3) is 3.67. The Morgan fingerprint density at radius 3 is 2.64 bits per heavy atom. The molecular formula is C18H16N2O3S2. The molecule has 128 valence electrons. The van der Waals surface area contributed by atoms with Crippen LogP contribution in [0, 0.1) is 6.92 Å². The van der Waals surface area contributed by atoms with Crippen LogP contribution >= 0.6 is 24.0 Å². The van der Waals surface area contributed by atoms with Crippen molar-refractivity contribution in [2.75, 3.05) is 23.1 Å². The highest BCUT2D eigenvalue weighted by molar-refractivity contribution is 8.00. The number of benzene rings is 2. The number of anilines is 2. The summed E-state index contributed by atoms with van der Waals surface area (Å²) in [5.41, 5.74) is 3.07. The molecule has 0 spiro atoms. The first-order chi connectivity index (χ1) is 12.0. The number of thiocarbonyl (C=S) groups is 1. The molecule has 0 saturated carbocycles. The summed E-state index contributed by atoms with van der Waals surface area (Å²) in [5.74, 6) is -0.119. The summed E-state index contributed by atoms with van der Waals surface area (Å²) in [5, 5.41) is 3.36. The third-order valence-corrected chi connectivity index (χ3v) is 5.03. The van der Waals surface area contributed by atoms with Crippen molar-refractivity contribution in [2.24, 2.45) is 0 Å². The number of aryl methyl sites for hydroxylation is 1. The predicted octanol–water partition coefficient (Wildman–Crippen LogP) is 3.62. The smallest absolute Gasteiger partial charge is 0.337 e. The van der Waals surface area contributed by atoms with Gasteiger partial charge in [-0.15, -0.1) is 11.8 Å². The van der Waals surface area contributed by atoms with Gasteiger partial charge in [0.05, 0.1) is 24.1 Å². The Balaban J connectivity index is 1.81. The molecule has 0 aliphatic carbocycles. The van der Waals surface area contributed by atoms with E-state index >= 15 is 0 Å². The summed E-state index contributed by atoms with van der Waals surface area (Å²) in [6, 6.07) is 12.6. The van der Waals surface area contributed by atoms with Gasteiger partial charge in [0.1, 0.15) is 0 Å². The van der Waals surface area contributed by atoms with Crippen molar-refractivity contribution >= 4 is 52.3 Å². The number of carbonyl (C=O) groups excluding carboxylic acids is 2. The highest BCUT2D eigenvalue weighted by atomic mass is 32.2. The fourth-order valence-electron chi connectivity index (χ4n) is 2.47. The number of hydrogen-bond acceptors (Lipinski definition) is 5. The van der Waals surface area contributed by atoms with Crippen LogP contribution in [0.15, 0.2) is 47.4 Å². The molecule has 0 bridgehead atoms. The predicted molar refractivity (Wildman–Crippen MR) is 103 cm³/mol. The number of carbonyl (C=O) groups is 2. The topological polar surface area (TPSA) is 58.6 Å². The summed E-state index contributed by atoms with van der Waals surface area (Å²) in [7, 11) is 1.34. The minimum atomic E-state index is -0.401. The van der Waals surface area contributed by atoms with Gasteiger partial charge in [0.15, 0.2) is 5.11 Å². The highest BCUT2D eigenvalue weighted by Gasteiger charge is 2.28. The van der Waals surface area contributed by atoms with E-state index in [4.69, 9.17) is 12.2 Å². The molecule has 1 N–H and O–H groups in total. The Morgan fingerprint density at radius 1 is 1.24 bits per heavy atom. The van der Waals surface area contributed by atoms with E-state index in [-0.39, 0.29) is 5.91 Å². The molecule has 25 heavy (non-hydrogen) atoms. The minimum absolute atomic E-state index is 0.0648. The standard InChI is InChI=1S/C18H16N2O3S2/c1-11-3-8-14-15(9-11)25-10-16(21)20(14)18(24)19-13-6-4-12(5-7-13)17(22)23-2/h3-9H,10H2,1-2H3,(H,19,24). The van der Waals surface area contributed by atoms with Gasteiger partial charge >= 0.3 is 5.97 Å². The van der Waals surface area contributed by atoms with E-state index in [1.165, 1.54) is 23.8 Å². The molecule has 7 heteroatoms. The molecule has 5 nitrogen and oxygen atoms in total. The average molecular weight is 372 g/mol. The van der Waals surface area contributed by atoms with Gasteiger partial charge in [0.2, 0.25) is 5.91 Å². The molecule has 0 radical (unpaired) electrons. The maximum absolute atomic E-state index is 12.4. The highest BCUT2D eigenvalue weighted by Crippen LogP contribution is 2.36. The van der Waals surface area contributed by atoms with Crippen LogP contribution in [0.2, 0.25) is 0 Å². The van der Waals surface area contributed by atoms with Gasteiger partial charge in [0.25, 0.3) is 0 Å². The van der Waals surface area contributed by atoms with E-state index in [9.17, 15) is 9.59 Å². The van der Waals surface area contributed by atoms with Crippen LogP contribution in [-0.2, 0) is 9.53 Å². The summed E-state index contributed by atoms with van der Waals surface area (Å²) in [6.45, 7) is 2.01. The summed E-state index contributed by atoms with van der Waals surface area (Å²) >= 11 is 6.96. The average Bonchev–Trinajstić information content (AvgIpc) is 2.61. The van der Waals surface area contributed by atoms with Crippen molar-refractivity contribution in [1.29, 1.82) is 0 Å². The number of nitrogens with zero attached hydrogens (tertiary/aromatic N) is 1. The molecule has 0 aromatic heterocycles. The maximum atomic E-state index is 12.4. The number of rotatable bonds is 2. The molecule has 1 aliphatic rings. The lowest BCUT2D eigenvalue weighted by Gasteiger charge is -2.29. The van der Waals surface area contributed by atoms with Crippen molar-refractivity contribution in [2.45, 2.75) is 11.8 Å². The van der Waals surface area contributed by atoms with E-state index in [2.05, 4.69) is 10.1 Å². The monoisotopic (exact) mass is 372 g/mol. The largest absolute Gasteiger partial charge is 0.465 e. The number of ether oxygens (including phenoxy) is 1. The Bertz CT molecular complexity index is 850. The van der Waals surface area contributed by atoms with Crippen molar-refractivity contribution in [3.8, 4) is 0 Å². The van der Waals surface area contributed by atoms with Crippen LogP contribution in [0.25, 0.3) is 0 Å². The molecule has 0 atom stereocenters. The maximum Gasteiger partial charge on any atom is 0.337 e. The number of methoxy groups -OCH3 is 1. The van der Waals surface area contributed by atoms with Gasteiger partial charge in [0, 0.05) is 10.6 Å². The van der Waals surface area contributed by atoms with Crippen LogP contribution in [-0.4, -0.2) is 29.9 Å². The zero-order valence-electron chi connectivity index (χ0n) is 13.7. The lowest BCUT2D eigenvalue weighted by Crippen LogP contribution is -2.43. The Labute approximate surface area is 155 Å². The molecule has 0 fully saturated rings. The fourth-order valence-corrected chi connectivity index (χ4v) is 3.77. The van der Waals surface area contributed by atoms with Gasteiger partial charge < -0.3 is 10.1 Å². The molecule has 1 amide bonds. The molecule has 0 unspecified atom stereocenters. The van der Waals surface area contributed by atoms with Crippen molar-refractivity contribution in [1.82, 2.24) is 0 Å². The number of hydrogen-bond donors (Lipinski definition) is 1. The molecule has 1 aliphatic heterocycles. The Kier molecular flexibility index (Phi) is 5.06. The SMILES string of the molecule is COC(=O)c1ccc(NC(=S)N2C(=O)CSc3cc(C)ccc32)cc1. The second kappa shape index (κ2) is 7.25. The zero-order chi connectivity index (χ0) is 18.0. The van der Waals surface area contributed by atoms with Crippen molar-refractivity contribution in [3.63, 3.8) is 0 Å². The van der Waals surface area contributed by atoms with E-state index < -0.39 is 5.97 Å². The first kappa shape index (κ1) is 17.4. The van der Waals surface area contributed by atoms with Crippen LogP contribution in [0.5, 0.6) is 0 Å². The zero-order valence-corrected chi connectivity index (χ0v) is 15.4. The van der Waals surface area contributed by atoms with Crippen molar-refractivity contribution in [3.05, 3.63) is 53.6 Å². The van der Waals surface area contributed by atoms with E-state index in [1.807, 2.05) is 25.1 Å². The van der Waals surface area contributed by atoms with Crippen LogP contribution < -0.4 is 10.2 Å². The van der Waals surface area contributed by atoms with Crippen molar-refractivity contribution < 1.29 is 14.3 Å². The number of esters is 1. The van der Waals surface area contributed by atoms with Crippen LogP contribution in [0.1, 0.15) is 15.9 Å². The van der Waals surface area contributed by atoms with E-state index in [1.54, 1.807) is 24.3 Å². The molecular weight excluding hydrogens is 356 g/mol. The Morgan fingerprint density at radius 2 is 1.96 bits per heavy atom. The first-order valence-corrected chi connectivity index (χ1v) is 8.95. The number of amides is 1. The number of nitrogens with one attached hydrogen (secondary N) is 1. The Hall–Kier alpha value is -2.38. The van der Waals surface area contributed by atoms with Gasteiger partial charge in [-0.05, 0) is 61.1 Å². The second-order valence-corrected chi connectivity index (χ2v) is 6.89. The minimum Gasteiger partial charge on any atom is -0.465 e. The molecule has 0 saturated heterocycles. The molecule has 1 heterocycles.